The normalized spacial score (nSPS) is 21.5. The van der Waals surface area contributed by atoms with E-state index in [-0.39, 0.29) is 11.3 Å². The molecule has 1 spiro atoms. The largest absolute Gasteiger partial charge is 0.325 e. The number of carbonyl (C=O) groups excluding carboxylic acids is 1. The molecule has 1 fully saturated rings. The first-order chi connectivity index (χ1) is 14.6. The summed E-state index contributed by atoms with van der Waals surface area (Å²) in [5, 5.41) is 3.51. The minimum Gasteiger partial charge on any atom is -0.325 e. The van der Waals surface area contributed by atoms with E-state index >= 15 is 0 Å². The Bertz CT molecular complexity index is 970. The van der Waals surface area contributed by atoms with Gasteiger partial charge in [0.15, 0.2) is 0 Å². The number of anilines is 2. The molecule has 1 amide bonds. The number of nitrogens with one attached hydrogen (secondary N) is 2. The van der Waals surface area contributed by atoms with Gasteiger partial charge in [-0.25, -0.2) is 15.4 Å². The first-order valence-corrected chi connectivity index (χ1v) is 10.9. The Morgan fingerprint density at radius 1 is 1.33 bits per heavy atom. The Morgan fingerprint density at radius 3 is 2.97 bits per heavy atom. The third kappa shape index (κ3) is 3.17. The number of piperidine rings is 1. The van der Waals surface area contributed by atoms with Gasteiger partial charge in [-0.3, -0.25) is 9.63 Å². The fourth-order valence-corrected chi connectivity index (χ4v) is 5.52. The first-order valence-electron chi connectivity index (χ1n) is 10.9. The maximum absolute atomic E-state index is 12.1. The number of nitrogens with zero attached hydrogens (tertiary/aromatic N) is 3. The van der Waals surface area contributed by atoms with Gasteiger partial charge in [0.05, 0.1) is 13.5 Å². The van der Waals surface area contributed by atoms with E-state index in [0.29, 0.717) is 12.3 Å². The second-order valence-corrected chi connectivity index (χ2v) is 8.87. The van der Waals surface area contributed by atoms with Crippen molar-refractivity contribution in [1.29, 1.82) is 0 Å². The predicted molar refractivity (Wildman–Crippen MR) is 115 cm³/mol. The highest BCUT2D eigenvalue weighted by atomic mass is 16.6. The standard InChI is InChI=1S/C23H29N5O2/c1-15-3-5-18-21(15)22(26-14-25-18)28-13-23(7-9-24-10-8-23)17-11-16(4-6-19(17)28)12-20(29)27-30-2/h4,6,11,14-15,24H,3,5,7-10,12-13H2,1-2H3,(H,27,29)/t15-/m1/s1. The summed E-state index contributed by atoms with van der Waals surface area (Å²) >= 11 is 0. The van der Waals surface area contributed by atoms with Gasteiger partial charge in [-0.1, -0.05) is 19.1 Å². The summed E-state index contributed by atoms with van der Waals surface area (Å²) in [6.45, 7) is 5.25. The van der Waals surface area contributed by atoms with Crippen LogP contribution in [0.3, 0.4) is 0 Å². The van der Waals surface area contributed by atoms with Gasteiger partial charge < -0.3 is 10.2 Å². The molecule has 1 aromatic carbocycles. The summed E-state index contributed by atoms with van der Waals surface area (Å²) in [6.07, 6.45) is 6.40. The van der Waals surface area contributed by atoms with Crippen molar-refractivity contribution in [1.82, 2.24) is 20.8 Å². The number of fused-ring (bicyclic) bond motifs is 3. The molecule has 1 aromatic heterocycles. The van der Waals surface area contributed by atoms with Crippen LogP contribution in [-0.2, 0) is 27.9 Å². The van der Waals surface area contributed by atoms with Crippen LogP contribution < -0.4 is 15.7 Å². The molecule has 3 heterocycles. The molecule has 0 radical (unpaired) electrons. The molecule has 1 saturated heterocycles. The lowest BCUT2D eigenvalue weighted by atomic mass is 9.74. The van der Waals surface area contributed by atoms with Crippen LogP contribution in [0.4, 0.5) is 11.5 Å². The Balaban J connectivity index is 1.57. The molecule has 2 N–H and O–H groups in total. The number of hydrogen-bond acceptors (Lipinski definition) is 6. The molecule has 0 bridgehead atoms. The highest BCUT2D eigenvalue weighted by molar-refractivity contribution is 5.79. The van der Waals surface area contributed by atoms with Crippen molar-refractivity contribution >= 4 is 17.4 Å². The number of aryl methyl sites for hydroxylation is 1. The summed E-state index contributed by atoms with van der Waals surface area (Å²) in [7, 11) is 1.46. The number of carbonyl (C=O) groups is 1. The van der Waals surface area contributed by atoms with Gasteiger partial charge in [0.2, 0.25) is 5.91 Å². The molecule has 158 valence electrons. The molecule has 7 heteroatoms. The van der Waals surface area contributed by atoms with Crippen molar-refractivity contribution in [2.24, 2.45) is 0 Å². The summed E-state index contributed by atoms with van der Waals surface area (Å²) in [5.41, 5.74) is 8.63. The molecule has 1 aliphatic carbocycles. The number of amides is 1. The molecular weight excluding hydrogens is 378 g/mol. The van der Waals surface area contributed by atoms with Crippen LogP contribution >= 0.6 is 0 Å². The Hall–Kier alpha value is -2.51. The summed E-state index contributed by atoms with van der Waals surface area (Å²) in [4.78, 5) is 28.6. The topological polar surface area (TPSA) is 79.4 Å². The SMILES string of the molecule is CONC(=O)Cc1ccc2c(c1)C1(CCNCC1)CN2c1ncnc2c1[C@H](C)CC2. The van der Waals surface area contributed by atoms with Gasteiger partial charge in [0.25, 0.3) is 0 Å². The minimum absolute atomic E-state index is 0.0913. The maximum Gasteiger partial charge on any atom is 0.247 e. The van der Waals surface area contributed by atoms with E-state index in [4.69, 9.17) is 9.82 Å². The van der Waals surface area contributed by atoms with Gasteiger partial charge in [-0.05, 0) is 61.9 Å². The fraction of sp³-hybridized carbons (Fsp3) is 0.522. The van der Waals surface area contributed by atoms with Crippen molar-refractivity contribution in [3.63, 3.8) is 0 Å². The molecule has 0 unspecified atom stereocenters. The number of aromatic nitrogens is 2. The van der Waals surface area contributed by atoms with Crippen LogP contribution in [0.1, 0.15) is 54.5 Å². The average molecular weight is 408 g/mol. The van der Waals surface area contributed by atoms with Crippen molar-refractivity contribution in [2.45, 2.75) is 50.4 Å². The number of hydrogen-bond donors (Lipinski definition) is 2. The average Bonchev–Trinajstić information content (AvgIpc) is 3.28. The second kappa shape index (κ2) is 7.63. The van der Waals surface area contributed by atoms with Gasteiger partial charge in [0.1, 0.15) is 12.1 Å². The van der Waals surface area contributed by atoms with Crippen LogP contribution in [0.25, 0.3) is 0 Å². The highest BCUT2D eigenvalue weighted by Gasteiger charge is 2.45. The van der Waals surface area contributed by atoms with Crippen LogP contribution in [0.5, 0.6) is 0 Å². The maximum atomic E-state index is 12.1. The van der Waals surface area contributed by atoms with Crippen molar-refractivity contribution in [2.75, 3.05) is 31.6 Å². The molecule has 2 aromatic rings. The molecule has 3 aliphatic rings. The third-order valence-electron chi connectivity index (χ3n) is 7.03. The molecular formula is C23H29N5O2. The van der Waals surface area contributed by atoms with Crippen molar-refractivity contribution in [3.05, 3.63) is 46.9 Å². The van der Waals surface area contributed by atoms with Gasteiger partial charge in [-0.2, -0.15) is 0 Å². The third-order valence-corrected chi connectivity index (χ3v) is 7.03. The van der Waals surface area contributed by atoms with Crippen molar-refractivity contribution in [3.8, 4) is 0 Å². The van der Waals surface area contributed by atoms with E-state index < -0.39 is 0 Å². The molecule has 2 aliphatic heterocycles. The van der Waals surface area contributed by atoms with Crippen LogP contribution in [0.15, 0.2) is 24.5 Å². The van der Waals surface area contributed by atoms with Gasteiger partial charge in [0, 0.05) is 28.9 Å². The Labute approximate surface area is 177 Å². The zero-order chi connectivity index (χ0) is 20.7. The molecule has 1 atom stereocenters. The first kappa shape index (κ1) is 19.5. The quantitative estimate of drug-likeness (QED) is 0.759. The van der Waals surface area contributed by atoms with E-state index in [1.807, 2.05) is 0 Å². The molecule has 5 rings (SSSR count). The number of hydroxylamine groups is 1. The van der Waals surface area contributed by atoms with E-state index in [2.05, 4.69) is 45.8 Å². The van der Waals surface area contributed by atoms with Crippen molar-refractivity contribution < 1.29 is 9.63 Å². The monoisotopic (exact) mass is 407 g/mol. The van der Waals surface area contributed by atoms with Crippen LogP contribution in [0, 0.1) is 0 Å². The van der Waals surface area contributed by atoms with E-state index in [1.54, 1.807) is 6.33 Å². The Morgan fingerprint density at radius 2 is 2.17 bits per heavy atom. The smallest absolute Gasteiger partial charge is 0.247 e. The van der Waals surface area contributed by atoms with E-state index in [1.165, 1.54) is 29.6 Å². The number of rotatable bonds is 4. The molecule has 30 heavy (non-hydrogen) atoms. The fourth-order valence-electron chi connectivity index (χ4n) is 5.52. The van der Waals surface area contributed by atoms with E-state index in [0.717, 1.165) is 56.7 Å². The summed E-state index contributed by atoms with van der Waals surface area (Å²) < 4.78 is 0. The molecule has 0 saturated carbocycles. The minimum atomic E-state index is -0.130. The predicted octanol–water partition coefficient (Wildman–Crippen LogP) is 2.52. The van der Waals surface area contributed by atoms with Crippen LogP contribution in [-0.4, -0.2) is 42.6 Å². The Kier molecular flexibility index (Phi) is 4.95. The van der Waals surface area contributed by atoms with E-state index in [9.17, 15) is 4.79 Å². The lowest BCUT2D eigenvalue weighted by molar-refractivity contribution is -0.130. The lowest BCUT2D eigenvalue weighted by Crippen LogP contribution is -2.42. The van der Waals surface area contributed by atoms with Gasteiger partial charge >= 0.3 is 0 Å². The second-order valence-electron chi connectivity index (χ2n) is 8.87. The zero-order valence-electron chi connectivity index (χ0n) is 17.7. The number of benzene rings is 1. The lowest BCUT2D eigenvalue weighted by Gasteiger charge is -2.35. The highest BCUT2D eigenvalue weighted by Crippen LogP contribution is 2.51. The molecule has 7 nitrogen and oxygen atoms in total. The van der Waals surface area contributed by atoms with Crippen LogP contribution in [0.2, 0.25) is 0 Å². The zero-order valence-corrected chi connectivity index (χ0v) is 17.7. The van der Waals surface area contributed by atoms with Gasteiger partial charge in [-0.15, -0.1) is 0 Å². The summed E-state index contributed by atoms with van der Waals surface area (Å²) in [6, 6.07) is 6.47. The summed E-state index contributed by atoms with van der Waals surface area (Å²) in [5.74, 6) is 1.43.